The maximum Gasteiger partial charge on any atom is 0.419 e. The van der Waals surface area contributed by atoms with Crippen LogP contribution < -0.4 is 10.5 Å². The van der Waals surface area contributed by atoms with Gasteiger partial charge in [0.15, 0.2) is 5.58 Å². The first kappa shape index (κ1) is 22.4. The van der Waals surface area contributed by atoms with Crippen molar-refractivity contribution in [2.45, 2.75) is 38.9 Å². The molecule has 33 heavy (non-hydrogen) atoms. The number of carbonyl (C=O) groups is 1. The van der Waals surface area contributed by atoms with Crippen LogP contribution in [-0.2, 0) is 24.3 Å². The van der Waals surface area contributed by atoms with Gasteiger partial charge in [-0.1, -0.05) is 60.7 Å². The summed E-state index contributed by atoms with van der Waals surface area (Å²) in [5, 5.41) is 0. The number of oxazole rings is 1. The number of rotatable bonds is 9. The Balaban J connectivity index is 1.55. The number of hydrogen-bond donors (Lipinski definition) is 0. The summed E-state index contributed by atoms with van der Waals surface area (Å²) < 4.78 is 12.3. The molecule has 0 bridgehead atoms. The van der Waals surface area contributed by atoms with Gasteiger partial charge in [-0.15, -0.1) is 0 Å². The van der Waals surface area contributed by atoms with Crippen molar-refractivity contribution in [2.75, 3.05) is 7.11 Å². The van der Waals surface area contributed by atoms with Crippen molar-refractivity contribution >= 4 is 17.0 Å². The van der Waals surface area contributed by atoms with Crippen molar-refractivity contribution in [2.24, 2.45) is 0 Å². The van der Waals surface area contributed by atoms with E-state index in [1.54, 1.807) is 13.2 Å². The number of aryl methyl sites for hydroxylation is 1. The quantitative estimate of drug-likeness (QED) is 0.377. The zero-order valence-corrected chi connectivity index (χ0v) is 18.9. The Morgan fingerprint density at radius 1 is 1.00 bits per heavy atom. The number of methoxy groups -OCH3 is 1. The molecule has 0 radical (unpaired) electrons. The van der Waals surface area contributed by atoms with E-state index in [0.29, 0.717) is 24.1 Å². The van der Waals surface area contributed by atoms with E-state index in [-0.39, 0.29) is 24.9 Å². The van der Waals surface area contributed by atoms with E-state index >= 15 is 0 Å². The van der Waals surface area contributed by atoms with Gasteiger partial charge in [0.1, 0.15) is 5.75 Å². The van der Waals surface area contributed by atoms with Gasteiger partial charge in [0.2, 0.25) is 5.91 Å². The number of fused-ring (bicyclic) bond motifs is 1. The Morgan fingerprint density at radius 2 is 1.70 bits per heavy atom. The Kier molecular flexibility index (Phi) is 6.93. The molecule has 170 valence electrons. The lowest BCUT2D eigenvalue weighted by molar-refractivity contribution is -0.134. The first-order valence-corrected chi connectivity index (χ1v) is 11.1. The SMILES string of the molecule is COc1ccccc1C[C@H](C)N(Cc1ccccc1)C(=O)CCn1c(=O)oc2ccccc21. The summed E-state index contributed by atoms with van der Waals surface area (Å²) in [4.78, 5) is 27.6. The molecule has 0 aliphatic heterocycles. The van der Waals surface area contributed by atoms with Gasteiger partial charge >= 0.3 is 5.76 Å². The molecule has 0 N–H and O–H groups in total. The third-order valence-electron chi connectivity index (χ3n) is 5.88. The molecule has 0 aliphatic rings. The molecular formula is C27H28N2O4. The highest BCUT2D eigenvalue weighted by atomic mass is 16.5. The lowest BCUT2D eigenvalue weighted by atomic mass is 10.0. The van der Waals surface area contributed by atoms with Crippen LogP contribution in [0.25, 0.3) is 11.1 Å². The first-order valence-electron chi connectivity index (χ1n) is 11.1. The normalized spacial score (nSPS) is 11.9. The molecule has 0 spiro atoms. The van der Waals surface area contributed by atoms with Crippen LogP contribution in [0.3, 0.4) is 0 Å². The molecule has 6 nitrogen and oxygen atoms in total. The molecule has 1 atom stereocenters. The number of amides is 1. The smallest absolute Gasteiger partial charge is 0.419 e. The highest BCUT2D eigenvalue weighted by Crippen LogP contribution is 2.22. The minimum atomic E-state index is -0.444. The topological polar surface area (TPSA) is 64.7 Å². The van der Waals surface area contributed by atoms with Crippen LogP contribution in [0.4, 0.5) is 0 Å². The molecular weight excluding hydrogens is 416 g/mol. The summed E-state index contributed by atoms with van der Waals surface area (Å²) in [6, 6.07) is 25.0. The van der Waals surface area contributed by atoms with E-state index in [2.05, 4.69) is 0 Å². The Labute approximate surface area is 193 Å². The molecule has 0 fully saturated rings. The molecule has 4 aromatic rings. The van der Waals surface area contributed by atoms with Gasteiger partial charge in [-0.2, -0.15) is 0 Å². The highest BCUT2D eigenvalue weighted by molar-refractivity contribution is 5.77. The third-order valence-corrected chi connectivity index (χ3v) is 5.88. The number of ether oxygens (including phenoxy) is 1. The molecule has 0 aliphatic carbocycles. The second kappa shape index (κ2) is 10.2. The molecule has 0 saturated heterocycles. The van der Waals surface area contributed by atoms with E-state index in [9.17, 15) is 9.59 Å². The van der Waals surface area contributed by atoms with E-state index < -0.39 is 5.76 Å². The van der Waals surface area contributed by atoms with Crippen molar-refractivity contribution < 1.29 is 13.9 Å². The number of para-hydroxylation sites is 3. The van der Waals surface area contributed by atoms with Gasteiger partial charge in [0, 0.05) is 25.6 Å². The average Bonchev–Trinajstić information content (AvgIpc) is 3.16. The van der Waals surface area contributed by atoms with Gasteiger partial charge in [0.05, 0.1) is 12.6 Å². The average molecular weight is 445 g/mol. The van der Waals surface area contributed by atoms with Crippen LogP contribution in [0.2, 0.25) is 0 Å². The van der Waals surface area contributed by atoms with Crippen molar-refractivity contribution in [3.63, 3.8) is 0 Å². The molecule has 1 heterocycles. The zero-order valence-electron chi connectivity index (χ0n) is 18.9. The summed E-state index contributed by atoms with van der Waals surface area (Å²) >= 11 is 0. The molecule has 1 aromatic heterocycles. The second-order valence-corrected chi connectivity index (χ2v) is 8.11. The molecule has 4 rings (SSSR count). The predicted octanol–water partition coefficient (Wildman–Crippen LogP) is 4.65. The van der Waals surface area contributed by atoms with Crippen LogP contribution in [0.5, 0.6) is 5.75 Å². The third kappa shape index (κ3) is 5.17. The summed E-state index contributed by atoms with van der Waals surface area (Å²) in [7, 11) is 1.66. The Bertz CT molecular complexity index is 1280. The maximum absolute atomic E-state index is 13.4. The molecule has 1 amide bonds. The summed E-state index contributed by atoms with van der Waals surface area (Å²) in [5.74, 6) is 0.354. The Morgan fingerprint density at radius 3 is 2.48 bits per heavy atom. The van der Waals surface area contributed by atoms with Gasteiger partial charge in [-0.3, -0.25) is 9.36 Å². The van der Waals surface area contributed by atoms with Gasteiger partial charge in [0.25, 0.3) is 0 Å². The highest BCUT2D eigenvalue weighted by Gasteiger charge is 2.22. The lowest BCUT2D eigenvalue weighted by Gasteiger charge is -2.30. The van der Waals surface area contributed by atoms with Crippen molar-refractivity contribution in [1.82, 2.24) is 9.47 Å². The number of hydrogen-bond acceptors (Lipinski definition) is 4. The van der Waals surface area contributed by atoms with Crippen LogP contribution in [0.1, 0.15) is 24.5 Å². The van der Waals surface area contributed by atoms with Gasteiger partial charge in [-0.05, 0) is 42.7 Å². The summed E-state index contributed by atoms with van der Waals surface area (Å²) in [5.41, 5.74) is 3.34. The predicted molar refractivity (Wildman–Crippen MR) is 128 cm³/mol. The molecule has 3 aromatic carbocycles. The molecule has 0 unspecified atom stereocenters. The summed E-state index contributed by atoms with van der Waals surface area (Å²) in [6.45, 7) is 2.81. The number of carbonyl (C=O) groups excluding carboxylic acids is 1. The fourth-order valence-corrected chi connectivity index (χ4v) is 4.15. The van der Waals surface area contributed by atoms with Crippen molar-refractivity contribution in [3.05, 3.63) is 101 Å². The van der Waals surface area contributed by atoms with E-state index in [1.807, 2.05) is 84.6 Å². The fraction of sp³-hybridized carbons (Fsp3) is 0.259. The lowest BCUT2D eigenvalue weighted by Crippen LogP contribution is -2.40. The summed E-state index contributed by atoms with van der Waals surface area (Å²) in [6.07, 6.45) is 0.865. The van der Waals surface area contributed by atoms with E-state index in [0.717, 1.165) is 16.9 Å². The van der Waals surface area contributed by atoms with Gasteiger partial charge < -0.3 is 14.1 Å². The van der Waals surface area contributed by atoms with Gasteiger partial charge in [-0.25, -0.2) is 4.79 Å². The number of benzene rings is 3. The van der Waals surface area contributed by atoms with Crippen LogP contribution in [-0.4, -0.2) is 28.5 Å². The second-order valence-electron chi connectivity index (χ2n) is 8.11. The monoisotopic (exact) mass is 444 g/mol. The first-order chi connectivity index (χ1) is 16.1. The molecule has 0 saturated carbocycles. The maximum atomic E-state index is 13.4. The minimum absolute atomic E-state index is 0.0153. The zero-order chi connectivity index (χ0) is 23.2. The van der Waals surface area contributed by atoms with Crippen molar-refractivity contribution in [3.8, 4) is 5.75 Å². The fourth-order valence-electron chi connectivity index (χ4n) is 4.15. The largest absolute Gasteiger partial charge is 0.496 e. The van der Waals surface area contributed by atoms with Crippen LogP contribution >= 0.6 is 0 Å². The number of nitrogens with zero attached hydrogens (tertiary/aromatic N) is 2. The minimum Gasteiger partial charge on any atom is -0.496 e. The van der Waals surface area contributed by atoms with E-state index in [4.69, 9.17) is 9.15 Å². The van der Waals surface area contributed by atoms with Crippen LogP contribution in [0, 0.1) is 0 Å². The Hall–Kier alpha value is -3.80. The molecule has 6 heteroatoms. The number of aromatic nitrogens is 1. The standard InChI is InChI=1S/C27H28N2O4/c1-20(18-22-12-6-8-14-24(22)32-2)29(19-21-10-4-3-5-11-21)26(30)16-17-28-23-13-7-9-15-25(23)33-27(28)31/h3-15,20H,16-19H2,1-2H3/t20-/m0/s1. The van der Waals surface area contributed by atoms with E-state index in [1.165, 1.54) is 4.57 Å². The van der Waals surface area contributed by atoms with Crippen molar-refractivity contribution in [1.29, 1.82) is 0 Å². The van der Waals surface area contributed by atoms with Crippen LogP contribution in [0.15, 0.2) is 88.1 Å².